The zero-order valence-corrected chi connectivity index (χ0v) is 7.97. The summed E-state index contributed by atoms with van der Waals surface area (Å²) in [6, 6.07) is 2.60. The topological polar surface area (TPSA) is 45.0 Å². The number of hydrogen-bond donors (Lipinski definition) is 1. The number of nitriles is 1. The molecule has 70 valence electrons. The highest BCUT2D eigenvalue weighted by molar-refractivity contribution is 4.67. The minimum Gasteiger partial charge on any atom is -0.380 e. The van der Waals surface area contributed by atoms with Gasteiger partial charge >= 0.3 is 0 Å². The first-order valence-corrected chi connectivity index (χ1v) is 4.45. The molecule has 0 radical (unpaired) electrons. The van der Waals surface area contributed by atoms with Gasteiger partial charge in [0.2, 0.25) is 0 Å². The van der Waals surface area contributed by atoms with Crippen molar-refractivity contribution in [3.05, 3.63) is 0 Å². The van der Waals surface area contributed by atoms with Crippen molar-refractivity contribution in [3.63, 3.8) is 0 Å². The van der Waals surface area contributed by atoms with Crippen molar-refractivity contribution in [2.24, 2.45) is 0 Å². The fourth-order valence-electron chi connectivity index (χ4n) is 0.775. The van der Waals surface area contributed by atoms with Gasteiger partial charge in [0, 0.05) is 25.6 Å². The number of nitrogens with zero attached hydrogens (tertiary/aromatic N) is 1. The van der Waals surface area contributed by atoms with Crippen molar-refractivity contribution in [2.45, 2.75) is 32.7 Å². The molecule has 0 heterocycles. The van der Waals surface area contributed by atoms with Crippen molar-refractivity contribution in [2.75, 3.05) is 19.8 Å². The third-order valence-electron chi connectivity index (χ3n) is 1.38. The van der Waals surface area contributed by atoms with Crippen molar-refractivity contribution in [1.82, 2.24) is 5.32 Å². The Kier molecular flexibility index (Phi) is 8.09. The van der Waals surface area contributed by atoms with Crippen LogP contribution in [0, 0.1) is 11.3 Å². The lowest BCUT2D eigenvalue weighted by Crippen LogP contribution is -2.26. The van der Waals surface area contributed by atoms with E-state index >= 15 is 0 Å². The van der Waals surface area contributed by atoms with Crippen LogP contribution < -0.4 is 5.32 Å². The lowest BCUT2D eigenvalue weighted by Gasteiger charge is -2.07. The Morgan fingerprint density at radius 3 is 2.75 bits per heavy atom. The van der Waals surface area contributed by atoms with Gasteiger partial charge in [0.05, 0.1) is 12.7 Å². The second-order valence-electron chi connectivity index (χ2n) is 2.98. The zero-order valence-electron chi connectivity index (χ0n) is 7.97. The van der Waals surface area contributed by atoms with Gasteiger partial charge in [0.1, 0.15) is 0 Å². The molecule has 1 N–H and O–H groups in total. The predicted molar refractivity (Wildman–Crippen MR) is 48.8 cm³/mol. The summed E-state index contributed by atoms with van der Waals surface area (Å²) in [4.78, 5) is 0. The average Bonchev–Trinajstić information content (AvgIpc) is 2.02. The molecule has 0 fully saturated rings. The maximum atomic E-state index is 8.22. The van der Waals surface area contributed by atoms with Gasteiger partial charge in [-0.3, -0.25) is 0 Å². The molecule has 0 aromatic carbocycles. The molecule has 0 spiro atoms. The van der Waals surface area contributed by atoms with E-state index in [4.69, 9.17) is 10.00 Å². The first-order valence-electron chi connectivity index (χ1n) is 4.45. The van der Waals surface area contributed by atoms with Gasteiger partial charge in [-0.25, -0.2) is 0 Å². The van der Waals surface area contributed by atoms with E-state index in [0.29, 0.717) is 19.1 Å². The quantitative estimate of drug-likeness (QED) is 0.586. The Hall–Kier alpha value is -0.590. The second-order valence-corrected chi connectivity index (χ2v) is 2.98. The van der Waals surface area contributed by atoms with Crippen LogP contribution in [0.15, 0.2) is 0 Å². The number of rotatable bonds is 7. The highest BCUT2D eigenvalue weighted by Gasteiger charge is 1.91. The highest BCUT2D eigenvalue weighted by atomic mass is 16.5. The maximum Gasteiger partial charge on any atom is 0.0622 e. The van der Waals surface area contributed by atoms with Gasteiger partial charge in [0.25, 0.3) is 0 Å². The third-order valence-corrected chi connectivity index (χ3v) is 1.38. The molecule has 0 bridgehead atoms. The lowest BCUT2D eigenvalue weighted by atomic mass is 10.3. The molecule has 0 aliphatic rings. The molecule has 0 unspecified atom stereocenters. The molecule has 12 heavy (non-hydrogen) atoms. The van der Waals surface area contributed by atoms with Gasteiger partial charge < -0.3 is 10.1 Å². The average molecular weight is 170 g/mol. The van der Waals surface area contributed by atoms with E-state index in [1.54, 1.807) is 0 Å². The van der Waals surface area contributed by atoms with Gasteiger partial charge in [0.15, 0.2) is 0 Å². The minimum atomic E-state index is 0.521. The van der Waals surface area contributed by atoms with E-state index in [9.17, 15) is 0 Å². The first kappa shape index (κ1) is 11.4. The molecule has 0 aliphatic heterocycles. The normalized spacial score (nSPS) is 10.2. The van der Waals surface area contributed by atoms with Crippen molar-refractivity contribution in [1.29, 1.82) is 5.26 Å². The Morgan fingerprint density at radius 2 is 2.17 bits per heavy atom. The maximum absolute atomic E-state index is 8.22. The van der Waals surface area contributed by atoms with Gasteiger partial charge in [-0.05, 0) is 6.42 Å². The van der Waals surface area contributed by atoms with E-state index < -0.39 is 0 Å². The standard InChI is InChI=1S/C9H18N2O/c1-9(2)11-6-8-12-7-4-3-5-10/h9,11H,3-4,6-8H2,1-2H3. The molecule has 3 heteroatoms. The number of hydrogen-bond acceptors (Lipinski definition) is 3. The van der Waals surface area contributed by atoms with Crippen molar-refractivity contribution in [3.8, 4) is 6.07 Å². The van der Waals surface area contributed by atoms with Crippen LogP contribution in [0.25, 0.3) is 0 Å². The van der Waals surface area contributed by atoms with E-state index in [1.807, 2.05) is 0 Å². The van der Waals surface area contributed by atoms with Gasteiger partial charge in [-0.2, -0.15) is 5.26 Å². The Bertz CT molecular complexity index is 129. The smallest absolute Gasteiger partial charge is 0.0622 e. The van der Waals surface area contributed by atoms with E-state index in [2.05, 4.69) is 25.2 Å². The fourth-order valence-corrected chi connectivity index (χ4v) is 0.775. The summed E-state index contributed by atoms with van der Waals surface area (Å²) in [5.74, 6) is 0. The molecule has 0 saturated heterocycles. The Labute approximate surface area is 74.7 Å². The zero-order chi connectivity index (χ0) is 9.23. The summed E-state index contributed by atoms with van der Waals surface area (Å²) < 4.78 is 5.27. The molecule has 0 aromatic rings. The second kappa shape index (κ2) is 8.51. The minimum absolute atomic E-state index is 0.521. The van der Waals surface area contributed by atoms with Crippen molar-refractivity contribution >= 4 is 0 Å². The van der Waals surface area contributed by atoms with Gasteiger partial charge in [-0.1, -0.05) is 13.8 Å². The largest absolute Gasteiger partial charge is 0.380 e. The molecule has 3 nitrogen and oxygen atoms in total. The van der Waals surface area contributed by atoms with E-state index in [-0.39, 0.29) is 0 Å². The summed E-state index contributed by atoms with van der Waals surface area (Å²) in [5, 5.41) is 11.5. The van der Waals surface area contributed by atoms with Crippen LogP contribution in [0.3, 0.4) is 0 Å². The van der Waals surface area contributed by atoms with Crippen LogP contribution in [0.2, 0.25) is 0 Å². The molecule has 0 atom stereocenters. The third kappa shape index (κ3) is 9.41. The molecule has 0 aromatic heterocycles. The predicted octanol–water partition coefficient (Wildman–Crippen LogP) is 1.30. The fraction of sp³-hybridized carbons (Fsp3) is 0.889. The highest BCUT2D eigenvalue weighted by Crippen LogP contribution is 1.87. The van der Waals surface area contributed by atoms with E-state index in [1.165, 1.54) is 0 Å². The van der Waals surface area contributed by atoms with Crippen LogP contribution in [-0.4, -0.2) is 25.8 Å². The molecule has 0 amide bonds. The molecular formula is C9H18N2O. The van der Waals surface area contributed by atoms with E-state index in [0.717, 1.165) is 19.6 Å². The monoisotopic (exact) mass is 170 g/mol. The molecule has 0 saturated carbocycles. The SMILES string of the molecule is CC(C)NCCOCCCC#N. The summed E-state index contributed by atoms with van der Waals surface area (Å²) in [6.07, 6.45) is 1.44. The Balaban J connectivity index is 2.87. The number of ether oxygens (including phenoxy) is 1. The number of nitrogens with one attached hydrogen (secondary N) is 1. The van der Waals surface area contributed by atoms with Crippen LogP contribution in [0.5, 0.6) is 0 Å². The summed E-state index contributed by atoms with van der Waals surface area (Å²) in [7, 11) is 0. The van der Waals surface area contributed by atoms with Gasteiger partial charge in [-0.15, -0.1) is 0 Å². The van der Waals surface area contributed by atoms with Crippen LogP contribution in [0.1, 0.15) is 26.7 Å². The van der Waals surface area contributed by atoms with Crippen LogP contribution >= 0.6 is 0 Å². The van der Waals surface area contributed by atoms with Crippen LogP contribution in [-0.2, 0) is 4.74 Å². The molecule has 0 rings (SSSR count). The van der Waals surface area contributed by atoms with Crippen LogP contribution in [0.4, 0.5) is 0 Å². The number of unbranched alkanes of at least 4 members (excludes halogenated alkanes) is 1. The summed E-state index contributed by atoms with van der Waals surface area (Å²) in [6.45, 7) is 6.55. The molecule has 0 aliphatic carbocycles. The molecular weight excluding hydrogens is 152 g/mol. The lowest BCUT2D eigenvalue weighted by molar-refractivity contribution is 0.133. The Morgan fingerprint density at radius 1 is 1.42 bits per heavy atom. The summed E-state index contributed by atoms with van der Waals surface area (Å²) >= 11 is 0. The van der Waals surface area contributed by atoms with Crippen molar-refractivity contribution < 1.29 is 4.74 Å². The summed E-state index contributed by atoms with van der Waals surface area (Å²) in [5.41, 5.74) is 0. The first-order chi connectivity index (χ1) is 5.77.